The summed E-state index contributed by atoms with van der Waals surface area (Å²) in [6.07, 6.45) is -4.12. The predicted molar refractivity (Wildman–Crippen MR) is 51.6 cm³/mol. The molecule has 0 fully saturated rings. The number of hydrogen-bond acceptors (Lipinski definition) is 2. The summed E-state index contributed by atoms with van der Waals surface area (Å²) in [5.41, 5.74) is 1.14. The lowest BCUT2D eigenvalue weighted by molar-refractivity contribution is -0.125. The third-order valence-electron chi connectivity index (χ3n) is 1.84. The first-order valence-electron chi connectivity index (χ1n) is 4.22. The number of nitrogens with one attached hydrogen (secondary N) is 1. The average Bonchev–Trinajstić information content (AvgIpc) is 2.28. The number of thiophene rings is 1. The Morgan fingerprint density at radius 3 is 2.43 bits per heavy atom. The maximum atomic E-state index is 11.8. The summed E-state index contributed by atoms with van der Waals surface area (Å²) in [4.78, 5) is 2.11. The minimum absolute atomic E-state index is 0.291. The largest absolute Gasteiger partial charge is 0.401 e. The summed E-state index contributed by atoms with van der Waals surface area (Å²) in [7, 11) is 0. The molecule has 1 heterocycles. The molecule has 0 aliphatic carbocycles. The van der Waals surface area contributed by atoms with E-state index in [1.807, 2.05) is 19.9 Å². The van der Waals surface area contributed by atoms with Crippen LogP contribution in [0.2, 0.25) is 0 Å². The van der Waals surface area contributed by atoms with Crippen molar-refractivity contribution < 1.29 is 13.2 Å². The Labute approximate surface area is 84.9 Å². The van der Waals surface area contributed by atoms with Crippen LogP contribution in [-0.4, -0.2) is 12.7 Å². The van der Waals surface area contributed by atoms with Gasteiger partial charge in [0.25, 0.3) is 0 Å². The smallest absolute Gasteiger partial charge is 0.304 e. The van der Waals surface area contributed by atoms with Crippen LogP contribution in [0, 0.1) is 13.8 Å². The second-order valence-electron chi connectivity index (χ2n) is 3.17. The van der Waals surface area contributed by atoms with E-state index in [1.54, 1.807) is 0 Å². The Kier molecular flexibility index (Phi) is 3.55. The van der Waals surface area contributed by atoms with E-state index in [0.717, 1.165) is 15.3 Å². The van der Waals surface area contributed by atoms with Crippen LogP contribution in [0.15, 0.2) is 6.07 Å². The monoisotopic (exact) mass is 223 g/mol. The second kappa shape index (κ2) is 4.31. The Hall–Kier alpha value is -0.550. The fourth-order valence-electron chi connectivity index (χ4n) is 1.06. The summed E-state index contributed by atoms with van der Waals surface area (Å²) in [6, 6.07) is 1.92. The van der Waals surface area contributed by atoms with E-state index in [2.05, 4.69) is 5.32 Å². The molecule has 0 unspecified atom stereocenters. The van der Waals surface area contributed by atoms with Gasteiger partial charge in [0, 0.05) is 16.3 Å². The van der Waals surface area contributed by atoms with E-state index in [1.165, 1.54) is 11.3 Å². The highest BCUT2D eigenvalue weighted by Gasteiger charge is 2.26. The van der Waals surface area contributed by atoms with Crippen LogP contribution in [0.5, 0.6) is 0 Å². The zero-order valence-corrected chi connectivity index (χ0v) is 8.85. The molecule has 0 aliphatic heterocycles. The molecule has 0 saturated carbocycles. The minimum Gasteiger partial charge on any atom is -0.304 e. The average molecular weight is 223 g/mol. The molecule has 0 saturated heterocycles. The van der Waals surface area contributed by atoms with Gasteiger partial charge < -0.3 is 5.32 Å². The van der Waals surface area contributed by atoms with Gasteiger partial charge in [-0.3, -0.25) is 0 Å². The van der Waals surface area contributed by atoms with Gasteiger partial charge in [-0.25, -0.2) is 0 Å². The summed E-state index contributed by atoms with van der Waals surface area (Å²) >= 11 is 1.54. The quantitative estimate of drug-likeness (QED) is 0.830. The molecule has 1 nitrogen and oxygen atoms in total. The second-order valence-corrected chi connectivity index (χ2v) is 4.51. The molecule has 14 heavy (non-hydrogen) atoms. The molecule has 1 aromatic heterocycles. The molecule has 1 N–H and O–H groups in total. The van der Waals surface area contributed by atoms with Crippen LogP contribution < -0.4 is 5.32 Å². The molecule has 0 aliphatic rings. The van der Waals surface area contributed by atoms with Crippen LogP contribution >= 0.6 is 11.3 Å². The van der Waals surface area contributed by atoms with Crippen molar-refractivity contribution in [1.82, 2.24) is 5.32 Å². The molecule has 0 aromatic carbocycles. The summed E-state index contributed by atoms with van der Waals surface area (Å²) in [5, 5.41) is 2.37. The SMILES string of the molecule is Cc1cc(CNCC(F)(F)F)sc1C. The van der Waals surface area contributed by atoms with Crippen molar-refractivity contribution in [2.24, 2.45) is 0 Å². The van der Waals surface area contributed by atoms with Crippen molar-refractivity contribution in [3.05, 3.63) is 21.4 Å². The van der Waals surface area contributed by atoms with Crippen molar-refractivity contribution in [3.63, 3.8) is 0 Å². The number of alkyl halides is 3. The Bertz CT molecular complexity index is 284. The van der Waals surface area contributed by atoms with Crippen LogP contribution in [0.25, 0.3) is 0 Å². The van der Waals surface area contributed by atoms with Gasteiger partial charge in [-0.15, -0.1) is 11.3 Å². The summed E-state index contributed by atoms with van der Waals surface area (Å²) in [6.45, 7) is 3.29. The van der Waals surface area contributed by atoms with Crippen molar-refractivity contribution in [3.8, 4) is 0 Å². The van der Waals surface area contributed by atoms with Gasteiger partial charge in [-0.1, -0.05) is 0 Å². The normalized spacial score (nSPS) is 12.1. The Balaban J connectivity index is 2.39. The van der Waals surface area contributed by atoms with Gasteiger partial charge in [0.2, 0.25) is 0 Å². The van der Waals surface area contributed by atoms with Crippen molar-refractivity contribution >= 4 is 11.3 Å². The lowest BCUT2D eigenvalue weighted by Crippen LogP contribution is -2.27. The molecule has 5 heteroatoms. The summed E-state index contributed by atoms with van der Waals surface area (Å²) < 4.78 is 35.4. The van der Waals surface area contributed by atoms with E-state index in [9.17, 15) is 13.2 Å². The topological polar surface area (TPSA) is 12.0 Å². The molecule has 0 spiro atoms. The molecular formula is C9H12F3NS. The first-order chi connectivity index (χ1) is 6.38. The third kappa shape index (κ3) is 3.67. The first-order valence-corrected chi connectivity index (χ1v) is 5.03. The lowest BCUT2D eigenvalue weighted by atomic mass is 10.3. The van der Waals surface area contributed by atoms with Gasteiger partial charge in [0.05, 0.1) is 6.54 Å². The molecule has 0 amide bonds. The first kappa shape index (κ1) is 11.5. The van der Waals surface area contributed by atoms with Crippen LogP contribution in [0.3, 0.4) is 0 Å². The molecule has 0 atom stereocenters. The highest BCUT2D eigenvalue weighted by atomic mass is 32.1. The van der Waals surface area contributed by atoms with Gasteiger partial charge in [0.15, 0.2) is 0 Å². The number of rotatable bonds is 3. The summed E-state index contributed by atoms with van der Waals surface area (Å²) in [5.74, 6) is 0. The maximum Gasteiger partial charge on any atom is 0.401 e. The van der Waals surface area contributed by atoms with E-state index in [-0.39, 0.29) is 0 Å². The number of halogens is 3. The van der Waals surface area contributed by atoms with Crippen LogP contribution in [0.4, 0.5) is 13.2 Å². The zero-order chi connectivity index (χ0) is 10.8. The van der Waals surface area contributed by atoms with Crippen molar-refractivity contribution in [2.45, 2.75) is 26.6 Å². The van der Waals surface area contributed by atoms with Crippen LogP contribution in [0.1, 0.15) is 15.3 Å². The molecule has 0 bridgehead atoms. The number of hydrogen-bond donors (Lipinski definition) is 1. The van der Waals surface area contributed by atoms with Gasteiger partial charge in [-0.2, -0.15) is 13.2 Å². The van der Waals surface area contributed by atoms with E-state index < -0.39 is 12.7 Å². The molecule has 0 radical (unpaired) electrons. The fourth-order valence-corrected chi connectivity index (χ4v) is 2.09. The van der Waals surface area contributed by atoms with Gasteiger partial charge in [0.1, 0.15) is 0 Å². The number of aryl methyl sites for hydroxylation is 2. The van der Waals surface area contributed by atoms with Gasteiger partial charge in [-0.05, 0) is 25.5 Å². The van der Waals surface area contributed by atoms with Crippen molar-refractivity contribution in [1.29, 1.82) is 0 Å². The van der Waals surface area contributed by atoms with E-state index in [4.69, 9.17) is 0 Å². The standard InChI is InChI=1S/C9H12F3NS/c1-6-3-8(14-7(6)2)4-13-5-9(10,11)12/h3,13H,4-5H2,1-2H3. The van der Waals surface area contributed by atoms with Crippen LogP contribution in [-0.2, 0) is 6.54 Å². The van der Waals surface area contributed by atoms with E-state index >= 15 is 0 Å². The highest BCUT2D eigenvalue weighted by Crippen LogP contribution is 2.20. The molecular weight excluding hydrogens is 211 g/mol. The molecule has 1 aromatic rings. The van der Waals surface area contributed by atoms with Crippen molar-refractivity contribution in [2.75, 3.05) is 6.54 Å². The lowest BCUT2D eigenvalue weighted by Gasteiger charge is -2.06. The zero-order valence-electron chi connectivity index (χ0n) is 8.03. The Morgan fingerprint density at radius 1 is 1.36 bits per heavy atom. The highest BCUT2D eigenvalue weighted by molar-refractivity contribution is 7.12. The van der Waals surface area contributed by atoms with E-state index in [0.29, 0.717) is 6.54 Å². The Morgan fingerprint density at radius 2 is 2.00 bits per heavy atom. The molecule has 1 rings (SSSR count). The van der Waals surface area contributed by atoms with Gasteiger partial charge >= 0.3 is 6.18 Å². The minimum atomic E-state index is -4.12. The predicted octanol–water partition coefficient (Wildman–Crippen LogP) is 3.02. The fraction of sp³-hybridized carbons (Fsp3) is 0.556. The molecule has 80 valence electrons. The maximum absolute atomic E-state index is 11.8. The third-order valence-corrected chi connectivity index (χ3v) is 2.99.